The van der Waals surface area contributed by atoms with Gasteiger partial charge in [0.25, 0.3) is 0 Å². The van der Waals surface area contributed by atoms with Crippen LogP contribution in [-0.4, -0.2) is 50.9 Å². The molecule has 3 rings (SSSR count). The van der Waals surface area contributed by atoms with Crippen molar-refractivity contribution in [3.63, 3.8) is 0 Å². The Morgan fingerprint density at radius 1 is 0.871 bits per heavy atom. The van der Waals surface area contributed by atoms with E-state index in [9.17, 15) is 14.4 Å². The minimum atomic E-state index is -4.30. The number of imidazole rings is 1. The van der Waals surface area contributed by atoms with Gasteiger partial charge in [-0.2, -0.15) is 0 Å². The summed E-state index contributed by atoms with van der Waals surface area (Å²) in [6, 6.07) is 10.7. The molecule has 0 bridgehead atoms. The molecule has 8 nitrogen and oxygen atoms in total. The number of nitrogens with zero attached hydrogens (tertiary/aromatic N) is 2. The molecule has 6 N–H and O–H groups in total. The molecule has 0 aliphatic carbocycles. The van der Waals surface area contributed by atoms with E-state index in [4.69, 9.17) is 14.4 Å². The normalized spacial score (nSPS) is 12.0. The van der Waals surface area contributed by atoms with Gasteiger partial charge in [0, 0.05) is 11.2 Å². The number of halogens is 1. The lowest BCUT2D eigenvalue weighted by Gasteiger charge is -2.12. The van der Waals surface area contributed by atoms with Gasteiger partial charge in [0.15, 0.2) is 0 Å². The molecule has 1 heterocycles. The molecule has 168 valence electrons. The van der Waals surface area contributed by atoms with E-state index in [1.54, 1.807) is 12.1 Å². The smallest absolute Gasteiger partial charge is 0.528 e. The van der Waals surface area contributed by atoms with Gasteiger partial charge in [0.2, 0.25) is 6.33 Å². The van der Waals surface area contributed by atoms with Crippen molar-refractivity contribution >= 4 is 22.8 Å². The zero-order valence-corrected chi connectivity index (χ0v) is 21.4. The Balaban J connectivity index is 0.00000341. The molecule has 0 atom stereocenters. The van der Waals surface area contributed by atoms with Crippen LogP contribution in [0.3, 0.4) is 0 Å². The van der Waals surface area contributed by atoms with Crippen molar-refractivity contribution in [2.45, 2.75) is 32.9 Å². The quantitative estimate of drug-likeness (QED) is 0.0987. The molecule has 0 unspecified atom stereocenters. The molecule has 0 saturated carbocycles. The molecular formula is C20H27IN2O6Si2. The average molecular weight is 575 g/mol. The maximum absolute atomic E-state index is 9.41. The van der Waals surface area contributed by atoms with E-state index >= 15 is 0 Å². The van der Waals surface area contributed by atoms with Crippen molar-refractivity contribution in [2.24, 2.45) is 0 Å². The first-order valence-electron chi connectivity index (χ1n) is 9.58. The maximum Gasteiger partial charge on any atom is 0.528 e. The van der Waals surface area contributed by atoms with Crippen LogP contribution in [0, 0.1) is 13.8 Å². The van der Waals surface area contributed by atoms with Crippen molar-refractivity contribution in [2.75, 3.05) is 0 Å². The fraction of sp³-hybridized carbons (Fsp3) is 0.250. The van der Waals surface area contributed by atoms with E-state index in [2.05, 4.69) is 0 Å². The lowest BCUT2D eigenvalue weighted by Crippen LogP contribution is -3.00. The predicted octanol–water partition coefficient (Wildman–Crippen LogP) is -3.52. The standard InChI is InChI=1S/C20H27N2O6Si2.HI/c1-15-12-18(17-4-6-19(7-5-17)30(26,27)28)13-16(2)20(15)22-10-9-21(14-22)8-3-11-29(23,24)25;/h4-7,9-10,12-14,23-28H,3,8,11H2,1-2H3;1H/q+1;/p-1. The highest BCUT2D eigenvalue weighted by Gasteiger charge is 2.30. The summed E-state index contributed by atoms with van der Waals surface area (Å²) in [5, 5.41) is 0.136. The van der Waals surface area contributed by atoms with Crippen LogP contribution >= 0.6 is 0 Å². The molecule has 3 aromatic rings. The molecule has 0 radical (unpaired) electrons. The summed E-state index contributed by atoms with van der Waals surface area (Å²) in [6.45, 7) is 4.60. The summed E-state index contributed by atoms with van der Waals surface area (Å²) in [5.41, 5.74) is 5.04. The van der Waals surface area contributed by atoms with Crippen LogP contribution < -0.4 is 33.7 Å². The molecule has 0 aliphatic heterocycles. The van der Waals surface area contributed by atoms with E-state index in [0.717, 1.165) is 27.9 Å². The van der Waals surface area contributed by atoms with E-state index in [1.165, 1.54) is 12.1 Å². The van der Waals surface area contributed by atoms with Gasteiger partial charge in [-0.25, -0.2) is 9.13 Å². The number of hydrogen-bond acceptors (Lipinski definition) is 6. The molecular weight excluding hydrogens is 547 g/mol. The van der Waals surface area contributed by atoms with Gasteiger partial charge in [-0.1, -0.05) is 24.3 Å². The number of aryl methyl sites for hydroxylation is 3. The predicted molar refractivity (Wildman–Crippen MR) is 115 cm³/mol. The van der Waals surface area contributed by atoms with Gasteiger partial charge >= 0.3 is 17.6 Å². The third-order valence-electron chi connectivity index (χ3n) is 4.97. The second-order valence-electron chi connectivity index (χ2n) is 7.61. The summed E-state index contributed by atoms with van der Waals surface area (Å²) >= 11 is 0. The highest BCUT2D eigenvalue weighted by atomic mass is 127. The minimum Gasteiger partial charge on any atom is -1.00 e. The van der Waals surface area contributed by atoms with Gasteiger partial charge in [-0.05, 0) is 54.7 Å². The summed E-state index contributed by atoms with van der Waals surface area (Å²) in [6.07, 6.45) is 6.22. The zero-order valence-electron chi connectivity index (χ0n) is 17.3. The third kappa shape index (κ3) is 6.77. The highest BCUT2D eigenvalue weighted by molar-refractivity contribution is 6.71. The second kappa shape index (κ2) is 10.0. The van der Waals surface area contributed by atoms with Crippen LogP contribution in [0.25, 0.3) is 16.8 Å². The molecule has 31 heavy (non-hydrogen) atoms. The molecule has 1 aromatic heterocycles. The molecule has 0 fully saturated rings. The van der Waals surface area contributed by atoms with Crippen LogP contribution in [0.2, 0.25) is 6.04 Å². The molecule has 0 amide bonds. The van der Waals surface area contributed by atoms with E-state index in [0.29, 0.717) is 13.0 Å². The topological polar surface area (TPSA) is 130 Å². The highest BCUT2D eigenvalue weighted by Crippen LogP contribution is 2.27. The summed E-state index contributed by atoms with van der Waals surface area (Å²) < 4.78 is 3.93. The van der Waals surface area contributed by atoms with E-state index < -0.39 is 17.6 Å². The lowest BCUT2D eigenvalue weighted by atomic mass is 9.99. The van der Waals surface area contributed by atoms with Gasteiger partial charge in [-0.3, -0.25) is 0 Å². The first kappa shape index (κ1) is 25.8. The Kier molecular flexibility index (Phi) is 8.35. The monoisotopic (exact) mass is 574 g/mol. The van der Waals surface area contributed by atoms with E-state index in [-0.39, 0.29) is 35.2 Å². The van der Waals surface area contributed by atoms with Gasteiger partial charge < -0.3 is 52.8 Å². The maximum atomic E-state index is 9.41. The van der Waals surface area contributed by atoms with E-state index in [1.807, 2.05) is 53.8 Å². The summed E-state index contributed by atoms with van der Waals surface area (Å²) in [4.78, 5) is 55.6. The molecule has 0 saturated heterocycles. The Labute approximate surface area is 200 Å². The Bertz CT molecular complexity index is 1010. The second-order valence-corrected chi connectivity index (χ2v) is 11.5. The minimum absolute atomic E-state index is 0. The number of aromatic nitrogens is 2. The Hall–Kier alpha value is -1.43. The van der Waals surface area contributed by atoms with Crippen molar-refractivity contribution in [3.8, 4) is 16.8 Å². The van der Waals surface area contributed by atoms with Gasteiger partial charge in [0.05, 0.1) is 6.54 Å². The summed E-state index contributed by atoms with van der Waals surface area (Å²) in [7, 11) is -8.29. The Morgan fingerprint density at radius 3 is 1.97 bits per heavy atom. The van der Waals surface area contributed by atoms with Crippen LogP contribution in [-0.2, 0) is 6.54 Å². The number of benzene rings is 2. The fourth-order valence-corrected chi connectivity index (χ4v) is 4.82. The third-order valence-corrected chi connectivity index (χ3v) is 7.11. The Morgan fingerprint density at radius 2 is 1.45 bits per heavy atom. The van der Waals surface area contributed by atoms with Crippen molar-refractivity contribution < 1.29 is 57.3 Å². The average Bonchev–Trinajstić information content (AvgIpc) is 3.07. The molecule has 11 heteroatoms. The molecule has 0 spiro atoms. The number of hydrogen-bond donors (Lipinski definition) is 6. The molecule has 2 aromatic carbocycles. The van der Waals surface area contributed by atoms with Crippen LogP contribution in [0.15, 0.2) is 55.1 Å². The van der Waals surface area contributed by atoms with Gasteiger partial charge in [0.1, 0.15) is 18.1 Å². The largest absolute Gasteiger partial charge is 1.00 e. The SMILES string of the molecule is Cc1cc(-c2ccc([Si](O)(O)O)cc2)cc(C)c1-n1cc[n+](CCC[Si](O)(O)O)c1.[I-]. The summed E-state index contributed by atoms with van der Waals surface area (Å²) in [5.74, 6) is 0. The van der Waals surface area contributed by atoms with Crippen LogP contribution in [0.1, 0.15) is 17.5 Å². The molecule has 0 aliphatic rings. The fourth-order valence-electron chi connectivity index (χ4n) is 3.57. The zero-order chi connectivity index (χ0) is 22.1. The van der Waals surface area contributed by atoms with Crippen molar-refractivity contribution in [1.29, 1.82) is 0 Å². The van der Waals surface area contributed by atoms with Crippen LogP contribution in [0.4, 0.5) is 0 Å². The van der Waals surface area contributed by atoms with Crippen LogP contribution in [0.5, 0.6) is 0 Å². The van der Waals surface area contributed by atoms with Crippen molar-refractivity contribution in [1.82, 2.24) is 4.57 Å². The van der Waals surface area contributed by atoms with Crippen molar-refractivity contribution in [3.05, 3.63) is 66.2 Å². The first-order chi connectivity index (χ1) is 13.9. The number of rotatable bonds is 7. The first-order valence-corrected chi connectivity index (χ1v) is 13.5. The lowest BCUT2D eigenvalue weighted by molar-refractivity contribution is -0.696. The van der Waals surface area contributed by atoms with Gasteiger partial charge in [-0.15, -0.1) is 0 Å².